The van der Waals surface area contributed by atoms with E-state index in [-0.39, 0.29) is 0 Å². The maximum atomic E-state index is 12.5. The predicted molar refractivity (Wildman–Crippen MR) is 98.3 cm³/mol. The number of nitriles is 1. The lowest BCUT2D eigenvalue weighted by Gasteiger charge is -2.26. The van der Waals surface area contributed by atoms with E-state index in [2.05, 4.69) is 6.08 Å². The van der Waals surface area contributed by atoms with Gasteiger partial charge in [-0.05, 0) is 68.1 Å². The SMILES string of the molecule is N#CC=CC=C[C@H]1CC[C@H](CCCCc2ccc(C(F)(F)F)cc2)CC1. The normalized spacial score (nSPS) is 21.3. The molecule has 0 unspecified atom stereocenters. The van der Waals surface area contributed by atoms with Crippen LogP contribution in [0, 0.1) is 23.2 Å². The van der Waals surface area contributed by atoms with Crippen molar-refractivity contribution in [2.75, 3.05) is 0 Å². The first kappa shape index (κ1) is 20.3. The highest BCUT2D eigenvalue weighted by molar-refractivity contribution is 5.24. The molecule has 1 fully saturated rings. The molecule has 0 saturated heterocycles. The van der Waals surface area contributed by atoms with Crippen molar-refractivity contribution in [3.05, 3.63) is 59.7 Å². The summed E-state index contributed by atoms with van der Waals surface area (Å²) in [5.41, 5.74) is 0.410. The number of halogens is 3. The van der Waals surface area contributed by atoms with E-state index in [1.165, 1.54) is 50.3 Å². The van der Waals surface area contributed by atoms with Gasteiger partial charge in [-0.15, -0.1) is 0 Å². The fraction of sp³-hybridized carbons (Fsp3) is 0.500. The van der Waals surface area contributed by atoms with Crippen molar-refractivity contribution in [3.63, 3.8) is 0 Å². The summed E-state index contributed by atoms with van der Waals surface area (Å²) >= 11 is 0. The first-order chi connectivity index (χ1) is 12.5. The molecule has 4 heteroatoms. The predicted octanol–water partition coefficient (Wildman–Crippen LogP) is 6.86. The Labute approximate surface area is 154 Å². The smallest absolute Gasteiger partial charge is 0.193 e. The molecule has 0 N–H and O–H groups in total. The molecule has 0 bridgehead atoms. The van der Waals surface area contributed by atoms with E-state index < -0.39 is 11.7 Å². The molecule has 1 aliphatic rings. The Kier molecular flexibility index (Phi) is 7.97. The van der Waals surface area contributed by atoms with Gasteiger partial charge in [-0.3, -0.25) is 0 Å². The molecule has 1 aromatic carbocycles. The summed E-state index contributed by atoms with van der Waals surface area (Å²) in [5, 5.41) is 8.44. The average Bonchev–Trinajstić information content (AvgIpc) is 2.63. The molecule has 0 spiro atoms. The number of allylic oxidation sites excluding steroid dienone is 4. The van der Waals surface area contributed by atoms with Crippen LogP contribution in [0.1, 0.15) is 56.1 Å². The number of rotatable bonds is 7. The van der Waals surface area contributed by atoms with Crippen molar-refractivity contribution in [1.29, 1.82) is 5.26 Å². The molecule has 1 nitrogen and oxygen atoms in total. The quantitative estimate of drug-likeness (QED) is 0.296. The van der Waals surface area contributed by atoms with Crippen LogP contribution in [0.5, 0.6) is 0 Å². The first-order valence-corrected chi connectivity index (χ1v) is 9.38. The summed E-state index contributed by atoms with van der Waals surface area (Å²) in [5.74, 6) is 1.41. The first-order valence-electron chi connectivity index (χ1n) is 9.38. The van der Waals surface area contributed by atoms with E-state index in [1.807, 2.05) is 12.1 Å². The van der Waals surface area contributed by atoms with E-state index >= 15 is 0 Å². The van der Waals surface area contributed by atoms with Crippen molar-refractivity contribution in [2.45, 2.75) is 57.5 Å². The molecule has 140 valence electrons. The van der Waals surface area contributed by atoms with Gasteiger partial charge in [0.25, 0.3) is 0 Å². The largest absolute Gasteiger partial charge is 0.416 e. The molecule has 26 heavy (non-hydrogen) atoms. The molecule has 2 rings (SSSR count). The van der Waals surface area contributed by atoms with E-state index in [0.717, 1.165) is 30.7 Å². The fourth-order valence-electron chi connectivity index (χ4n) is 3.61. The second-order valence-electron chi connectivity index (χ2n) is 7.09. The van der Waals surface area contributed by atoms with Crippen LogP contribution in [-0.4, -0.2) is 0 Å². The van der Waals surface area contributed by atoms with Crippen LogP contribution in [0.3, 0.4) is 0 Å². The summed E-state index contributed by atoms with van der Waals surface area (Å²) in [7, 11) is 0. The number of hydrogen-bond donors (Lipinski definition) is 0. The third-order valence-electron chi connectivity index (χ3n) is 5.17. The zero-order chi connectivity index (χ0) is 18.8. The molecular formula is C22H26F3N. The Morgan fingerprint density at radius 3 is 2.31 bits per heavy atom. The van der Waals surface area contributed by atoms with Crippen LogP contribution in [-0.2, 0) is 12.6 Å². The molecule has 1 aromatic rings. The van der Waals surface area contributed by atoms with Gasteiger partial charge < -0.3 is 0 Å². The van der Waals surface area contributed by atoms with Crippen LogP contribution in [0.15, 0.2) is 48.6 Å². The molecule has 0 heterocycles. The minimum absolute atomic E-state index is 0.574. The van der Waals surface area contributed by atoms with Gasteiger partial charge in [-0.1, -0.05) is 43.2 Å². The number of unbranched alkanes of at least 4 members (excludes halogenated alkanes) is 1. The van der Waals surface area contributed by atoms with Crippen LogP contribution >= 0.6 is 0 Å². The lowest BCUT2D eigenvalue weighted by molar-refractivity contribution is -0.137. The van der Waals surface area contributed by atoms with Gasteiger partial charge in [-0.25, -0.2) is 0 Å². The summed E-state index contributed by atoms with van der Waals surface area (Å²) < 4.78 is 37.6. The minimum atomic E-state index is -4.25. The maximum Gasteiger partial charge on any atom is 0.416 e. The van der Waals surface area contributed by atoms with Gasteiger partial charge in [0.15, 0.2) is 0 Å². The summed E-state index contributed by atoms with van der Waals surface area (Å²) in [6.45, 7) is 0. The molecule has 0 radical (unpaired) electrons. The molecule has 0 aromatic heterocycles. The number of hydrogen-bond acceptors (Lipinski definition) is 1. The molecular weight excluding hydrogens is 335 g/mol. The monoisotopic (exact) mass is 361 g/mol. The van der Waals surface area contributed by atoms with Crippen molar-refractivity contribution < 1.29 is 13.2 Å². The maximum absolute atomic E-state index is 12.5. The molecule has 0 amide bonds. The Balaban J connectivity index is 1.62. The second kappa shape index (κ2) is 10.2. The number of benzene rings is 1. The summed E-state index contributed by atoms with van der Waals surface area (Å²) in [4.78, 5) is 0. The summed E-state index contributed by atoms with van der Waals surface area (Å²) in [6.07, 6.45) is 12.3. The Bertz CT molecular complexity index is 627. The third kappa shape index (κ3) is 7.07. The highest BCUT2D eigenvalue weighted by Crippen LogP contribution is 2.33. The van der Waals surface area contributed by atoms with Crippen molar-refractivity contribution >= 4 is 0 Å². The van der Waals surface area contributed by atoms with Gasteiger partial charge in [0.05, 0.1) is 11.6 Å². The minimum Gasteiger partial charge on any atom is -0.193 e. The number of alkyl halides is 3. The summed E-state index contributed by atoms with van der Waals surface area (Å²) in [6, 6.07) is 7.53. The molecule has 1 saturated carbocycles. The van der Waals surface area contributed by atoms with E-state index in [0.29, 0.717) is 5.92 Å². The Morgan fingerprint density at radius 2 is 1.69 bits per heavy atom. The second-order valence-corrected chi connectivity index (χ2v) is 7.09. The average molecular weight is 361 g/mol. The fourth-order valence-corrected chi connectivity index (χ4v) is 3.61. The van der Waals surface area contributed by atoms with Crippen molar-refractivity contribution in [3.8, 4) is 6.07 Å². The highest BCUT2D eigenvalue weighted by atomic mass is 19.4. The zero-order valence-electron chi connectivity index (χ0n) is 15.0. The Hall–Kier alpha value is -2.02. The zero-order valence-corrected chi connectivity index (χ0v) is 15.0. The van der Waals surface area contributed by atoms with Crippen LogP contribution in [0.4, 0.5) is 13.2 Å². The van der Waals surface area contributed by atoms with Gasteiger partial charge in [0.2, 0.25) is 0 Å². The number of aryl methyl sites for hydroxylation is 1. The van der Waals surface area contributed by atoms with Crippen molar-refractivity contribution in [2.24, 2.45) is 11.8 Å². The van der Waals surface area contributed by atoms with E-state index in [1.54, 1.807) is 18.2 Å². The topological polar surface area (TPSA) is 23.8 Å². The standard InChI is InChI=1S/C22H26F3N/c23-22(24,25)21-15-13-20(14-16-21)8-4-3-7-19-11-9-18(10-12-19)6-2-1-5-17-26/h1-2,5-6,13-16,18-19H,3-4,7-12H2/t18-,19-. The van der Waals surface area contributed by atoms with Gasteiger partial charge in [0, 0.05) is 6.08 Å². The van der Waals surface area contributed by atoms with Crippen molar-refractivity contribution in [1.82, 2.24) is 0 Å². The number of nitrogens with zero attached hydrogens (tertiary/aromatic N) is 1. The van der Waals surface area contributed by atoms with E-state index in [9.17, 15) is 13.2 Å². The van der Waals surface area contributed by atoms with Crippen LogP contribution in [0.25, 0.3) is 0 Å². The third-order valence-corrected chi connectivity index (χ3v) is 5.17. The van der Waals surface area contributed by atoms with Gasteiger partial charge in [0.1, 0.15) is 0 Å². The molecule has 1 aliphatic carbocycles. The Morgan fingerprint density at radius 1 is 1.00 bits per heavy atom. The molecule has 0 atom stereocenters. The van der Waals surface area contributed by atoms with E-state index in [4.69, 9.17) is 5.26 Å². The van der Waals surface area contributed by atoms with Gasteiger partial charge >= 0.3 is 6.18 Å². The molecule has 0 aliphatic heterocycles. The lowest BCUT2D eigenvalue weighted by atomic mass is 9.79. The highest BCUT2D eigenvalue weighted by Gasteiger charge is 2.29. The van der Waals surface area contributed by atoms with Crippen LogP contribution < -0.4 is 0 Å². The lowest BCUT2D eigenvalue weighted by Crippen LogP contribution is -2.13. The van der Waals surface area contributed by atoms with Crippen LogP contribution in [0.2, 0.25) is 0 Å². The van der Waals surface area contributed by atoms with Gasteiger partial charge in [-0.2, -0.15) is 18.4 Å².